The Balaban J connectivity index is 3.37. The third kappa shape index (κ3) is 2.22. The van der Waals surface area contributed by atoms with Crippen LogP contribution in [0.15, 0.2) is 23.1 Å². The van der Waals surface area contributed by atoms with Gasteiger partial charge in [-0.05, 0) is 11.6 Å². The summed E-state index contributed by atoms with van der Waals surface area (Å²) in [5, 5.41) is 17.8. The molecule has 0 aromatic heterocycles. The summed E-state index contributed by atoms with van der Waals surface area (Å²) in [5.41, 5.74) is 2.18. The van der Waals surface area contributed by atoms with Crippen molar-refractivity contribution < 1.29 is 18.7 Å². The smallest absolute Gasteiger partial charge is 0.179 e. The van der Waals surface area contributed by atoms with Crippen molar-refractivity contribution in [3.63, 3.8) is 0 Å². The van der Waals surface area contributed by atoms with Crippen LogP contribution in [-0.4, -0.2) is 25.0 Å². The van der Waals surface area contributed by atoms with E-state index in [1.165, 1.54) is 18.2 Å². The quantitative estimate of drug-likeness (QED) is 0.633. The Morgan fingerprint density at radius 3 is 2.57 bits per heavy atom. The van der Waals surface area contributed by atoms with Crippen molar-refractivity contribution in [3.8, 4) is 5.75 Å². The van der Waals surface area contributed by atoms with Gasteiger partial charge in [0, 0.05) is 12.8 Å². The Labute approximate surface area is 81.9 Å². The molecule has 0 heterocycles. The van der Waals surface area contributed by atoms with E-state index >= 15 is 0 Å². The minimum atomic E-state index is -3.49. The lowest BCUT2D eigenvalue weighted by Crippen LogP contribution is -2.11. The van der Waals surface area contributed by atoms with Crippen molar-refractivity contribution in [2.45, 2.75) is 11.4 Å². The second-order valence-electron chi connectivity index (χ2n) is 2.87. The SMILES string of the molecule is CS(=O)(=O)c1c(O)cccc1CNO. The van der Waals surface area contributed by atoms with Gasteiger partial charge in [0.25, 0.3) is 0 Å². The van der Waals surface area contributed by atoms with Crippen LogP contribution in [-0.2, 0) is 16.4 Å². The summed E-state index contributed by atoms with van der Waals surface area (Å²) in [7, 11) is -3.49. The zero-order chi connectivity index (χ0) is 10.8. The third-order valence-electron chi connectivity index (χ3n) is 1.72. The molecule has 0 saturated carbocycles. The van der Waals surface area contributed by atoms with E-state index in [1.54, 1.807) is 0 Å². The van der Waals surface area contributed by atoms with Crippen molar-refractivity contribution in [2.24, 2.45) is 0 Å². The molecule has 0 fully saturated rings. The average molecular weight is 217 g/mol. The van der Waals surface area contributed by atoms with E-state index in [-0.39, 0.29) is 17.2 Å². The van der Waals surface area contributed by atoms with E-state index in [1.807, 2.05) is 5.48 Å². The molecule has 0 radical (unpaired) electrons. The van der Waals surface area contributed by atoms with Crippen LogP contribution in [0.4, 0.5) is 0 Å². The van der Waals surface area contributed by atoms with E-state index in [4.69, 9.17) is 5.21 Å². The Bertz CT molecular complexity index is 427. The van der Waals surface area contributed by atoms with Crippen LogP contribution < -0.4 is 5.48 Å². The Morgan fingerprint density at radius 1 is 1.43 bits per heavy atom. The largest absolute Gasteiger partial charge is 0.507 e. The van der Waals surface area contributed by atoms with Crippen LogP contribution in [0.2, 0.25) is 0 Å². The number of hydrogen-bond acceptors (Lipinski definition) is 5. The van der Waals surface area contributed by atoms with Crippen LogP contribution in [0.5, 0.6) is 5.75 Å². The number of phenols is 1. The van der Waals surface area contributed by atoms with Gasteiger partial charge in [0.1, 0.15) is 10.6 Å². The molecule has 78 valence electrons. The van der Waals surface area contributed by atoms with Crippen LogP contribution >= 0.6 is 0 Å². The normalized spacial score (nSPS) is 11.6. The number of hydrogen-bond donors (Lipinski definition) is 3. The number of aromatic hydroxyl groups is 1. The lowest BCUT2D eigenvalue weighted by Gasteiger charge is -2.08. The fourth-order valence-corrected chi connectivity index (χ4v) is 2.29. The van der Waals surface area contributed by atoms with E-state index in [2.05, 4.69) is 0 Å². The van der Waals surface area contributed by atoms with E-state index in [0.29, 0.717) is 5.56 Å². The molecule has 14 heavy (non-hydrogen) atoms. The van der Waals surface area contributed by atoms with Crippen molar-refractivity contribution in [3.05, 3.63) is 23.8 Å². The molecule has 0 bridgehead atoms. The summed E-state index contributed by atoms with van der Waals surface area (Å²) in [6.45, 7) is -0.0309. The summed E-state index contributed by atoms with van der Waals surface area (Å²) in [6.07, 6.45) is 1.00. The second-order valence-corrected chi connectivity index (χ2v) is 4.83. The van der Waals surface area contributed by atoms with Gasteiger partial charge in [-0.1, -0.05) is 12.1 Å². The van der Waals surface area contributed by atoms with E-state index in [9.17, 15) is 13.5 Å². The first-order valence-electron chi connectivity index (χ1n) is 3.84. The molecular formula is C8H11NO4S. The van der Waals surface area contributed by atoms with Gasteiger partial charge < -0.3 is 10.3 Å². The molecule has 1 aromatic rings. The standard InChI is InChI=1S/C8H11NO4S/c1-14(12,13)8-6(5-9-11)3-2-4-7(8)10/h2-4,9-11H,5H2,1H3. The van der Waals surface area contributed by atoms with E-state index in [0.717, 1.165) is 6.26 Å². The lowest BCUT2D eigenvalue weighted by molar-refractivity contribution is 0.160. The monoisotopic (exact) mass is 217 g/mol. The van der Waals surface area contributed by atoms with Gasteiger partial charge >= 0.3 is 0 Å². The first kappa shape index (κ1) is 11.0. The van der Waals surface area contributed by atoms with Gasteiger partial charge in [-0.15, -0.1) is 0 Å². The van der Waals surface area contributed by atoms with Crippen LogP contribution in [0, 0.1) is 0 Å². The number of sulfone groups is 1. The molecule has 0 saturated heterocycles. The van der Waals surface area contributed by atoms with Crippen LogP contribution in [0.1, 0.15) is 5.56 Å². The average Bonchev–Trinajstić information content (AvgIpc) is 2.02. The highest BCUT2D eigenvalue weighted by molar-refractivity contribution is 7.90. The predicted octanol–water partition coefficient (Wildman–Crippen LogP) is 0.275. The highest BCUT2D eigenvalue weighted by Crippen LogP contribution is 2.25. The van der Waals surface area contributed by atoms with Crippen molar-refractivity contribution in [2.75, 3.05) is 6.26 Å². The summed E-state index contributed by atoms with van der Waals surface area (Å²) < 4.78 is 22.6. The molecule has 1 aromatic carbocycles. The highest BCUT2D eigenvalue weighted by atomic mass is 32.2. The van der Waals surface area contributed by atoms with Crippen molar-refractivity contribution in [1.82, 2.24) is 5.48 Å². The van der Waals surface area contributed by atoms with Gasteiger partial charge in [-0.3, -0.25) is 0 Å². The fraction of sp³-hybridized carbons (Fsp3) is 0.250. The van der Waals surface area contributed by atoms with Gasteiger partial charge in [0.05, 0.1) is 0 Å². The summed E-state index contributed by atoms with van der Waals surface area (Å²) in [4.78, 5) is -0.151. The minimum absolute atomic E-state index is 0.0309. The van der Waals surface area contributed by atoms with Crippen molar-refractivity contribution >= 4 is 9.84 Å². The number of phenolic OH excluding ortho intramolecular Hbond substituents is 1. The lowest BCUT2D eigenvalue weighted by atomic mass is 10.2. The highest BCUT2D eigenvalue weighted by Gasteiger charge is 2.17. The third-order valence-corrected chi connectivity index (χ3v) is 2.93. The number of benzene rings is 1. The van der Waals surface area contributed by atoms with Gasteiger partial charge in [0.2, 0.25) is 0 Å². The van der Waals surface area contributed by atoms with Gasteiger partial charge in [-0.2, -0.15) is 0 Å². The Hall–Kier alpha value is -1.11. The van der Waals surface area contributed by atoms with Crippen LogP contribution in [0.3, 0.4) is 0 Å². The molecule has 0 amide bonds. The molecule has 0 aliphatic rings. The summed E-state index contributed by atoms with van der Waals surface area (Å²) in [5.74, 6) is -0.305. The molecule has 0 spiro atoms. The molecule has 5 nitrogen and oxygen atoms in total. The number of hydroxylamine groups is 1. The van der Waals surface area contributed by atoms with Crippen molar-refractivity contribution in [1.29, 1.82) is 0 Å². The molecule has 0 atom stereocenters. The molecule has 1 rings (SSSR count). The molecule has 0 aliphatic carbocycles. The first-order chi connectivity index (χ1) is 6.46. The Morgan fingerprint density at radius 2 is 2.07 bits per heavy atom. The number of rotatable bonds is 3. The molecule has 3 N–H and O–H groups in total. The number of nitrogens with one attached hydrogen (secondary N) is 1. The zero-order valence-electron chi connectivity index (χ0n) is 7.56. The predicted molar refractivity (Wildman–Crippen MR) is 49.8 cm³/mol. The van der Waals surface area contributed by atoms with Crippen LogP contribution in [0.25, 0.3) is 0 Å². The maximum atomic E-state index is 11.3. The molecule has 6 heteroatoms. The maximum Gasteiger partial charge on any atom is 0.179 e. The minimum Gasteiger partial charge on any atom is -0.507 e. The topological polar surface area (TPSA) is 86.6 Å². The fourth-order valence-electron chi connectivity index (χ4n) is 1.22. The zero-order valence-corrected chi connectivity index (χ0v) is 8.37. The maximum absolute atomic E-state index is 11.3. The summed E-state index contributed by atoms with van der Waals surface area (Å²) >= 11 is 0. The summed E-state index contributed by atoms with van der Waals surface area (Å²) in [6, 6.07) is 4.31. The van der Waals surface area contributed by atoms with Gasteiger partial charge in [0.15, 0.2) is 9.84 Å². The molecule has 0 unspecified atom stereocenters. The van der Waals surface area contributed by atoms with Gasteiger partial charge in [-0.25, -0.2) is 13.9 Å². The van der Waals surface area contributed by atoms with E-state index < -0.39 is 9.84 Å². The molecular weight excluding hydrogens is 206 g/mol. The molecule has 0 aliphatic heterocycles. The first-order valence-corrected chi connectivity index (χ1v) is 5.74. The Kier molecular flexibility index (Phi) is 3.10. The second kappa shape index (κ2) is 3.95.